The van der Waals surface area contributed by atoms with Crippen LogP contribution in [0.5, 0.6) is 11.5 Å². The van der Waals surface area contributed by atoms with E-state index in [1.54, 1.807) is 6.92 Å². The highest BCUT2D eigenvalue weighted by Gasteiger charge is 2.37. The molecule has 1 aliphatic rings. The highest BCUT2D eigenvalue weighted by molar-refractivity contribution is 5.97. The molecular weight excluding hydrogens is 250 g/mol. The van der Waals surface area contributed by atoms with Gasteiger partial charge in [0.1, 0.15) is 11.5 Å². The Labute approximate surface area is 109 Å². The smallest absolute Gasteiger partial charge is 0.308 e. The van der Waals surface area contributed by atoms with E-state index in [9.17, 15) is 19.8 Å². The molecule has 102 valence electrons. The highest BCUT2D eigenvalue weighted by atomic mass is 16.4. The normalized spacial score (nSPS) is 22.5. The van der Waals surface area contributed by atoms with E-state index in [0.717, 1.165) is 6.07 Å². The number of likely N-dealkylation sites (tertiary alicyclic amines) is 1. The standard InChI is InChI=1S/C13H15NO5/c1-7-5-14(6-10(7)13(18)19)12(17)9-3-2-8(15)4-11(9)16/h2-4,7,10,15-16H,5-6H2,1H3,(H,18,19). The van der Waals surface area contributed by atoms with Crippen molar-refractivity contribution in [3.63, 3.8) is 0 Å². The number of hydrogen-bond donors (Lipinski definition) is 3. The number of benzene rings is 1. The molecule has 1 aliphatic heterocycles. The fraction of sp³-hybridized carbons (Fsp3) is 0.385. The molecule has 0 saturated carbocycles. The number of carboxylic acid groups (broad SMARTS) is 1. The molecule has 3 N–H and O–H groups in total. The molecule has 2 unspecified atom stereocenters. The average molecular weight is 265 g/mol. The topological polar surface area (TPSA) is 98.1 Å². The molecule has 1 saturated heterocycles. The summed E-state index contributed by atoms with van der Waals surface area (Å²) in [5.41, 5.74) is 0.0658. The van der Waals surface area contributed by atoms with Gasteiger partial charge in [0.25, 0.3) is 5.91 Å². The van der Waals surface area contributed by atoms with Crippen LogP contribution in [0.4, 0.5) is 0 Å². The number of carbonyl (C=O) groups excluding carboxylic acids is 1. The molecule has 0 aliphatic carbocycles. The van der Waals surface area contributed by atoms with Gasteiger partial charge in [-0.3, -0.25) is 9.59 Å². The summed E-state index contributed by atoms with van der Waals surface area (Å²) < 4.78 is 0. The molecule has 1 heterocycles. The fourth-order valence-corrected chi connectivity index (χ4v) is 2.33. The Hall–Kier alpha value is -2.24. The van der Waals surface area contributed by atoms with Gasteiger partial charge in [0.15, 0.2) is 0 Å². The zero-order valence-corrected chi connectivity index (χ0v) is 10.4. The van der Waals surface area contributed by atoms with Crippen LogP contribution in [-0.4, -0.2) is 45.2 Å². The number of carboxylic acids is 1. The van der Waals surface area contributed by atoms with Crippen molar-refractivity contribution in [2.75, 3.05) is 13.1 Å². The summed E-state index contributed by atoms with van der Waals surface area (Å²) in [6.07, 6.45) is 0. The third kappa shape index (κ3) is 2.47. The number of aliphatic carboxylic acids is 1. The second-order valence-corrected chi connectivity index (χ2v) is 4.83. The molecule has 0 aromatic heterocycles. The summed E-state index contributed by atoms with van der Waals surface area (Å²) in [5.74, 6) is -2.49. The first-order chi connectivity index (χ1) is 8.90. The molecule has 1 fully saturated rings. The Balaban J connectivity index is 2.19. The van der Waals surface area contributed by atoms with Crippen LogP contribution in [0.25, 0.3) is 0 Å². The van der Waals surface area contributed by atoms with E-state index in [4.69, 9.17) is 5.11 Å². The maximum Gasteiger partial charge on any atom is 0.308 e. The first kappa shape index (κ1) is 13.2. The zero-order chi connectivity index (χ0) is 14.2. The van der Waals surface area contributed by atoms with E-state index in [2.05, 4.69) is 0 Å². The number of carbonyl (C=O) groups is 2. The predicted octanol–water partition coefficient (Wildman–Crippen LogP) is 0.890. The molecule has 6 heteroatoms. The van der Waals surface area contributed by atoms with Gasteiger partial charge in [-0.05, 0) is 18.1 Å². The molecular formula is C13H15NO5. The average Bonchev–Trinajstić information content (AvgIpc) is 2.70. The lowest BCUT2D eigenvalue weighted by molar-refractivity contribution is -0.142. The van der Waals surface area contributed by atoms with Crippen molar-refractivity contribution in [1.29, 1.82) is 0 Å². The minimum absolute atomic E-state index is 0.0658. The van der Waals surface area contributed by atoms with Crippen LogP contribution in [0, 0.1) is 11.8 Å². The Kier molecular flexibility index (Phi) is 3.33. The predicted molar refractivity (Wildman–Crippen MR) is 66.0 cm³/mol. The van der Waals surface area contributed by atoms with Gasteiger partial charge in [0.05, 0.1) is 11.5 Å². The maximum atomic E-state index is 12.2. The lowest BCUT2D eigenvalue weighted by Gasteiger charge is -2.16. The number of aromatic hydroxyl groups is 2. The molecule has 1 aromatic carbocycles. The summed E-state index contributed by atoms with van der Waals surface area (Å²) in [4.78, 5) is 24.6. The molecule has 6 nitrogen and oxygen atoms in total. The summed E-state index contributed by atoms with van der Waals surface area (Å²) in [6, 6.07) is 3.72. The van der Waals surface area contributed by atoms with Gasteiger partial charge < -0.3 is 20.2 Å². The van der Waals surface area contributed by atoms with Crippen molar-refractivity contribution in [1.82, 2.24) is 4.90 Å². The number of phenolic OH excluding ortho intramolecular Hbond substituents is 2. The third-order valence-corrected chi connectivity index (χ3v) is 3.43. The number of nitrogens with zero attached hydrogens (tertiary/aromatic N) is 1. The van der Waals surface area contributed by atoms with Gasteiger partial charge >= 0.3 is 5.97 Å². The second kappa shape index (κ2) is 4.79. The van der Waals surface area contributed by atoms with Crippen LogP contribution < -0.4 is 0 Å². The van der Waals surface area contributed by atoms with Crippen molar-refractivity contribution >= 4 is 11.9 Å². The Morgan fingerprint density at radius 1 is 1.26 bits per heavy atom. The van der Waals surface area contributed by atoms with E-state index < -0.39 is 17.8 Å². The molecule has 0 radical (unpaired) electrons. The molecule has 19 heavy (non-hydrogen) atoms. The van der Waals surface area contributed by atoms with Crippen LogP contribution in [0.1, 0.15) is 17.3 Å². The van der Waals surface area contributed by atoms with E-state index >= 15 is 0 Å². The highest BCUT2D eigenvalue weighted by Crippen LogP contribution is 2.28. The van der Waals surface area contributed by atoms with E-state index in [1.807, 2.05) is 0 Å². The van der Waals surface area contributed by atoms with Crippen LogP contribution in [0.2, 0.25) is 0 Å². The Morgan fingerprint density at radius 2 is 1.95 bits per heavy atom. The van der Waals surface area contributed by atoms with Gasteiger partial charge in [-0.2, -0.15) is 0 Å². The summed E-state index contributed by atoms with van der Waals surface area (Å²) in [7, 11) is 0. The fourth-order valence-electron chi connectivity index (χ4n) is 2.33. The zero-order valence-electron chi connectivity index (χ0n) is 10.4. The number of amides is 1. The third-order valence-electron chi connectivity index (χ3n) is 3.43. The van der Waals surface area contributed by atoms with Gasteiger partial charge in [-0.15, -0.1) is 0 Å². The number of hydrogen-bond acceptors (Lipinski definition) is 4. The molecule has 0 spiro atoms. The van der Waals surface area contributed by atoms with Crippen molar-refractivity contribution in [3.8, 4) is 11.5 Å². The first-order valence-electron chi connectivity index (χ1n) is 5.94. The molecule has 0 bridgehead atoms. The monoisotopic (exact) mass is 265 g/mol. The Morgan fingerprint density at radius 3 is 2.47 bits per heavy atom. The van der Waals surface area contributed by atoms with Crippen LogP contribution >= 0.6 is 0 Å². The Bertz CT molecular complexity index is 528. The van der Waals surface area contributed by atoms with Gasteiger partial charge in [-0.1, -0.05) is 6.92 Å². The van der Waals surface area contributed by atoms with Gasteiger partial charge in [-0.25, -0.2) is 0 Å². The number of rotatable bonds is 2. The van der Waals surface area contributed by atoms with E-state index in [1.165, 1.54) is 17.0 Å². The minimum atomic E-state index is -0.919. The van der Waals surface area contributed by atoms with Crippen LogP contribution in [-0.2, 0) is 4.79 Å². The maximum absolute atomic E-state index is 12.2. The molecule has 1 amide bonds. The summed E-state index contributed by atoms with van der Waals surface area (Å²) in [6.45, 7) is 2.26. The molecule has 1 aromatic rings. The van der Waals surface area contributed by atoms with Crippen molar-refractivity contribution in [2.24, 2.45) is 11.8 Å². The van der Waals surface area contributed by atoms with Gasteiger partial charge in [0, 0.05) is 19.2 Å². The van der Waals surface area contributed by atoms with Crippen molar-refractivity contribution < 1.29 is 24.9 Å². The van der Waals surface area contributed by atoms with Crippen LogP contribution in [0.15, 0.2) is 18.2 Å². The lowest BCUT2D eigenvalue weighted by Crippen LogP contribution is -2.29. The van der Waals surface area contributed by atoms with Gasteiger partial charge in [0.2, 0.25) is 0 Å². The quantitative estimate of drug-likeness (QED) is 0.737. The largest absolute Gasteiger partial charge is 0.508 e. The van der Waals surface area contributed by atoms with E-state index in [0.29, 0.717) is 6.54 Å². The summed E-state index contributed by atoms with van der Waals surface area (Å²) >= 11 is 0. The SMILES string of the molecule is CC1CN(C(=O)c2ccc(O)cc2O)CC1C(=O)O. The molecule has 2 rings (SSSR count). The lowest BCUT2D eigenvalue weighted by atomic mass is 9.99. The molecule has 2 atom stereocenters. The second-order valence-electron chi connectivity index (χ2n) is 4.83. The van der Waals surface area contributed by atoms with Crippen molar-refractivity contribution in [3.05, 3.63) is 23.8 Å². The first-order valence-corrected chi connectivity index (χ1v) is 5.94. The van der Waals surface area contributed by atoms with Crippen LogP contribution in [0.3, 0.4) is 0 Å². The van der Waals surface area contributed by atoms with E-state index in [-0.39, 0.29) is 29.5 Å². The minimum Gasteiger partial charge on any atom is -0.508 e. The number of phenols is 2. The summed E-state index contributed by atoms with van der Waals surface area (Å²) in [5, 5.41) is 27.8. The van der Waals surface area contributed by atoms with Crippen molar-refractivity contribution in [2.45, 2.75) is 6.92 Å².